The van der Waals surface area contributed by atoms with Crippen molar-refractivity contribution in [2.24, 2.45) is 5.92 Å². The average molecular weight is 264 g/mol. The molecule has 1 aromatic rings. The number of halogens is 1. The third-order valence-corrected chi connectivity index (χ3v) is 4.15. The van der Waals surface area contributed by atoms with E-state index in [1.54, 1.807) is 6.07 Å². The van der Waals surface area contributed by atoms with E-state index in [0.29, 0.717) is 11.7 Å². The summed E-state index contributed by atoms with van der Waals surface area (Å²) in [6, 6.07) is 5.73. The molecular formula is C15H21FN2O. The lowest BCUT2D eigenvalue weighted by atomic mass is 9.99. The number of nitrogens with zero attached hydrogens (tertiary/aromatic N) is 1. The number of benzene rings is 1. The maximum Gasteiger partial charge on any atom is 0.169 e. The Morgan fingerprint density at radius 3 is 2.68 bits per heavy atom. The Kier molecular flexibility index (Phi) is 3.71. The first-order chi connectivity index (χ1) is 9.31. The molecule has 1 atom stereocenters. The van der Waals surface area contributed by atoms with Crippen molar-refractivity contribution in [2.45, 2.75) is 18.9 Å². The minimum absolute atomic E-state index is 0.180. The maximum absolute atomic E-state index is 14.5. The first-order valence-corrected chi connectivity index (χ1v) is 7.08. The van der Waals surface area contributed by atoms with Crippen LogP contribution in [0.1, 0.15) is 24.4 Å². The topological polar surface area (TPSA) is 24.5 Å². The van der Waals surface area contributed by atoms with Crippen molar-refractivity contribution in [3.05, 3.63) is 29.6 Å². The maximum atomic E-state index is 14.5. The van der Waals surface area contributed by atoms with Crippen molar-refractivity contribution < 1.29 is 9.13 Å². The summed E-state index contributed by atoms with van der Waals surface area (Å²) in [7, 11) is 1.53. The first kappa shape index (κ1) is 12.9. The molecule has 1 N–H and O–H groups in total. The summed E-state index contributed by atoms with van der Waals surface area (Å²) in [4.78, 5) is 2.42. The smallest absolute Gasteiger partial charge is 0.169 e. The fourth-order valence-electron chi connectivity index (χ4n) is 3.03. The van der Waals surface area contributed by atoms with Crippen LogP contribution >= 0.6 is 0 Å². The van der Waals surface area contributed by atoms with E-state index in [-0.39, 0.29) is 11.9 Å². The number of piperazine rings is 1. The van der Waals surface area contributed by atoms with E-state index in [4.69, 9.17) is 4.74 Å². The van der Waals surface area contributed by atoms with Gasteiger partial charge in [0.1, 0.15) is 0 Å². The number of nitrogens with one attached hydrogen (secondary N) is 1. The van der Waals surface area contributed by atoms with Crippen LogP contribution in [0.3, 0.4) is 0 Å². The Labute approximate surface area is 113 Å². The third-order valence-electron chi connectivity index (χ3n) is 4.15. The van der Waals surface area contributed by atoms with Gasteiger partial charge in [0.2, 0.25) is 0 Å². The summed E-state index contributed by atoms with van der Waals surface area (Å²) >= 11 is 0. The minimum atomic E-state index is -0.180. The number of hydrogen-bond acceptors (Lipinski definition) is 3. The van der Waals surface area contributed by atoms with E-state index in [2.05, 4.69) is 10.2 Å². The molecule has 3 rings (SSSR count). The molecule has 0 spiro atoms. The van der Waals surface area contributed by atoms with Crippen LogP contribution in [0.15, 0.2) is 18.2 Å². The van der Waals surface area contributed by atoms with Gasteiger partial charge in [-0.1, -0.05) is 12.1 Å². The first-order valence-electron chi connectivity index (χ1n) is 7.08. The van der Waals surface area contributed by atoms with Crippen LogP contribution in [0.25, 0.3) is 0 Å². The SMILES string of the molecule is COc1cccc([C@H](C2CC2)N2CCNCC2)c1F. The van der Waals surface area contributed by atoms with E-state index < -0.39 is 0 Å². The highest BCUT2D eigenvalue weighted by Gasteiger charge is 2.38. The Morgan fingerprint density at radius 1 is 1.32 bits per heavy atom. The molecule has 0 amide bonds. The van der Waals surface area contributed by atoms with Gasteiger partial charge in [-0.3, -0.25) is 4.90 Å². The molecule has 4 heteroatoms. The Bertz CT molecular complexity index is 442. The zero-order valence-electron chi connectivity index (χ0n) is 11.4. The van der Waals surface area contributed by atoms with Crippen molar-refractivity contribution in [3.63, 3.8) is 0 Å². The fraction of sp³-hybridized carbons (Fsp3) is 0.600. The molecule has 1 saturated heterocycles. The van der Waals surface area contributed by atoms with E-state index >= 15 is 0 Å². The number of methoxy groups -OCH3 is 1. The lowest BCUT2D eigenvalue weighted by molar-refractivity contribution is 0.152. The summed E-state index contributed by atoms with van der Waals surface area (Å²) < 4.78 is 19.6. The highest BCUT2D eigenvalue weighted by atomic mass is 19.1. The monoisotopic (exact) mass is 264 g/mol. The molecule has 1 aliphatic heterocycles. The van der Waals surface area contributed by atoms with Gasteiger partial charge in [0, 0.05) is 37.8 Å². The lowest BCUT2D eigenvalue weighted by Gasteiger charge is -2.35. The molecule has 19 heavy (non-hydrogen) atoms. The normalized spacial score (nSPS) is 22.2. The molecule has 104 valence electrons. The summed E-state index contributed by atoms with van der Waals surface area (Å²) in [5.74, 6) is 0.790. The number of hydrogen-bond donors (Lipinski definition) is 1. The molecule has 0 bridgehead atoms. The van der Waals surface area contributed by atoms with Crippen LogP contribution in [-0.4, -0.2) is 38.2 Å². The van der Waals surface area contributed by atoms with Crippen molar-refractivity contribution >= 4 is 0 Å². The number of ether oxygens (including phenoxy) is 1. The third kappa shape index (κ3) is 2.60. The standard InChI is InChI=1S/C15H21FN2O/c1-19-13-4-2-3-12(14(13)16)15(11-5-6-11)18-9-7-17-8-10-18/h2-4,11,15,17H,5-10H2,1H3/t15-/m0/s1. The highest BCUT2D eigenvalue weighted by molar-refractivity contribution is 5.34. The second-order valence-corrected chi connectivity index (χ2v) is 5.43. The average Bonchev–Trinajstić information content (AvgIpc) is 3.27. The molecule has 3 nitrogen and oxygen atoms in total. The van der Waals surface area contributed by atoms with Gasteiger partial charge >= 0.3 is 0 Å². The van der Waals surface area contributed by atoms with Gasteiger partial charge in [-0.25, -0.2) is 4.39 Å². The van der Waals surface area contributed by atoms with Gasteiger partial charge in [0.15, 0.2) is 11.6 Å². The lowest BCUT2D eigenvalue weighted by Crippen LogP contribution is -2.45. The van der Waals surface area contributed by atoms with E-state index in [1.165, 1.54) is 20.0 Å². The van der Waals surface area contributed by atoms with E-state index in [0.717, 1.165) is 31.7 Å². The van der Waals surface area contributed by atoms with Crippen molar-refractivity contribution in [1.82, 2.24) is 10.2 Å². The predicted octanol–water partition coefficient (Wildman–Crippen LogP) is 2.19. The molecule has 1 saturated carbocycles. The molecular weight excluding hydrogens is 243 g/mol. The van der Waals surface area contributed by atoms with Crippen LogP contribution in [-0.2, 0) is 0 Å². The zero-order valence-corrected chi connectivity index (χ0v) is 11.4. The summed E-state index contributed by atoms with van der Waals surface area (Å²) in [6.45, 7) is 3.99. The minimum Gasteiger partial charge on any atom is -0.494 e. The molecule has 2 aliphatic rings. The second-order valence-electron chi connectivity index (χ2n) is 5.43. The second kappa shape index (κ2) is 5.47. The Balaban J connectivity index is 1.91. The molecule has 1 heterocycles. The van der Waals surface area contributed by atoms with Crippen molar-refractivity contribution in [1.29, 1.82) is 0 Å². The summed E-state index contributed by atoms with van der Waals surface area (Å²) in [5.41, 5.74) is 0.809. The van der Waals surface area contributed by atoms with Gasteiger partial charge in [0.05, 0.1) is 7.11 Å². The quantitative estimate of drug-likeness (QED) is 0.902. The highest BCUT2D eigenvalue weighted by Crippen LogP contribution is 2.46. The van der Waals surface area contributed by atoms with Crippen LogP contribution in [0.2, 0.25) is 0 Å². The molecule has 2 fully saturated rings. The van der Waals surface area contributed by atoms with Crippen LogP contribution in [0.5, 0.6) is 5.75 Å². The Morgan fingerprint density at radius 2 is 2.05 bits per heavy atom. The van der Waals surface area contributed by atoms with Gasteiger partial charge < -0.3 is 10.1 Å². The largest absolute Gasteiger partial charge is 0.494 e. The predicted molar refractivity (Wildman–Crippen MR) is 72.9 cm³/mol. The molecule has 1 aliphatic carbocycles. The van der Waals surface area contributed by atoms with E-state index in [9.17, 15) is 4.39 Å². The summed E-state index contributed by atoms with van der Waals surface area (Å²) in [6.07, 6.45) is 2.43. The fourth-order valence-corrected chi connectivity index (χ4v) is 3.03. The van der Waals surface area contributed by atoms with Crippen LogP contribution < -0.4 is 10.1 Å². The Hall–Kier alpha value is -1.13. The zero-order chi connectivity index (χ0) is 13.2. The van der Waals surface area contributed by atoms with Crippen LogP contribution in [0, 0.1) is 11.7 Å². The molecule has 0 aromatic heterocycles. The van der Waals surface area contributed by atoms with Crippen molar-refractivity contribution in [3.8, 4) is 5.75 Å². The van der Waals surface area contributed by atoms with Gasteiger partial charge in [-0.15, -0.1) is 0 Å². The van der Waals surface area contributed by atoms with Crippen LogP contribution in [0.4, 0.5) is 4.39 Å². The van der Waals surface area contributed by atoms with E-state index in [1.807, 2.05) is 12.1 Å². The molecule has 0 radical (unpaired) electrons. The van der Waals surface area contributed by atoms with Crippen molar-refractivity contribution in [2.75, 3.05) is 33.3 Å². The van der Waals surface area contributed by atoms with Gasteiger partial charge in [-0.05, 0) is 24.8 Å². The van der Waals surface area contributed by atoms with Gasteiger partial charge in [-0.2, -0.15) is 0 Å². The molecule has 1 aromatic carbocycles. The number of rotatable bonds is 4. The van der Waals surface area contributed by atoms with Gasteiger partial charge in [0.25, 0.3) is 0 Å². The molecule has 0 unspecified atom stereocenters. The summed E-state index contributed by atoms with van der Waals surface area (Å²) in [5, 5.41) is 3.36.